The van der Waals surface area contributed by atoms with Gasteiger partial charge in [-0.25, -0.2) is 0 Å². The molecule has 0 N–H and O–H groups in total. The zero-order valence-corrected chi connectivity index (χ0v) is 16.2. The Morgan fingerprint density at radius 3 is 2.20 bits per heavy atom. The second-order valence-electron chi connectivity index (χ2n) is 8.15. The Bertz CT molecular complexity index is 431. The summed E-state index contributed by atoms with van der Waals surface area (Å²) in [5.74, 6) is 2.70. The largest absolute Gasteiger partial charge is 0.378 e. The van der Waals surface area contributed by atoms with E-state index in [1.807, 2.05) is 18.2 Å². The third kappa shape index (κ3) is 8.23. The molecule has 0 unspecified atom stereocenters. The number of allylic oxidation sites excluding steroid dienone is 4. The quantitative estimate of drug-likeness (QED) is 0.350. The molecule has 2 rings (SSSR count). The van der Waals surface area contributed by atoms with Gasteiger partial charge in [0.2, 0.25) is 0 Å². The van der Waals surface area contributed by atoms with Gasteiger partial charge >= 0.3 is 0 Å². The summed E-state index contributed by atoms with van der Waals surface area (Å²) < 4.78 is 6.28. The van der Waals surface area contributed by atoms with E-state index in [0.29, 0.717) is 6.10 Å². The summed E-state index contributed by atoms with van der Waals surface area (Å²) in [5, 5.41) is 8.43. The van der Waals surface area contributed by atoms with Gasteiger partial charge in [0.1, 0.15) is 0 Å². The number of nitrogens with zero attached hydrogens (tertiary/aromatic N) is 1. The van der Waals surface area contributed by atoms with Crippen LogP contribution in [0.2, 0.25) is 0 Å². The lowest BCUT2D eigenvalue weighted by atomic mass is 9.80. The highest BCUT2D eigenvalue weighted by Gasteiger charge is 2.24. The monoisotopic (exact) mass is 343 g/mol. The highest BCUT2D eigenvalue weighted by Crippen LogP contribution is 2.33. The van der Waals surface area contributed by atoms with E-state index in [2.05, 4.69) is 13.0 Å². The van der Waals surface area contributed by atoms with E-state index in [4.69, 9.17) is 10.00 Å². The number of nitriles is 1. The third-order valence-electron chi connectivity index (χ3n) is 6.18. The molecule has 140 valence electrons. The van der Waals surface area contributed by atoms with Crippen molar-refractivity contribution in [3.05, 3.63) is 24.3 Å². The Labute approximate surface area is 155 Å². The van der Waals surface area contributed by atoms with E-state index in [-0.39, 0.29) is 0 Å². The molecule has 0 spiro atoms. The van der Waals surface area contributed by atoms with E-state index in [1.54, 1.807) is 0 Å². The van der Waals surface area contributed by atoms with Gasteiger partial charge in [0.25, 0.3) is 0 Å². The minimum atomic E-state index is 0.527. The Kier molecular flexibility index (Phi) is 9.97. The molecule has 0 aromatic carbocycles. The molecule has 2 nitrogen and oxygen atoms in total. The van der Waals surface area contributed by atoms with Crippen molar-refractivity contribution in [2.45, 2.75) is 90.1 Å². The Balaban J connectivity index is 1.52. The number of ether oxygens (including phenoxy) is 1. The van der Waals surface area contributed by atoms with E-state index < -0.39 is 0 Å². The van der Waals surface area contributed by atoms with Crippen molar-refractivity contribution in [2.24, 2.45) is 17.8 Å². The summed E-state index contributed by atoms with van der Waals surface area (Å²) in [4.78, 5) is 0. The smallest absolute Gasteiger partial charge is 0.0912 e. The zero-order chi connectivity index (χ0) is 17.7. The van der Waals surface area contributed by atoms with Gasteiger partial charge in [-0.05, 0) is 69.1 Å². The van der Waals surface area contributed by atoms with Crippen LogP contribution in [0, 0.1) is 29.1 Å². The maximum absolute atomic E-state index is 8.43. The predicted molar refractivity (Wildman–Crippen MR) is 105 cm³/mol. The van der Waals surface area contributed by atoms with Gasteiger partial charge in [-0.15, -0.1) is 0 Å². The van der Waals surface area contributed by atoms with Crippen molar-refractivity contribution in [2.75, 3.05) is 6.61 Å². The summed E-state index contributed by atoms with van der Waals surface area (Å²) in [5.41, 5.74) is 0. The SMILES string of the molecule is CCC[C@H]1CC[C@H](CO[C@H]2CC[C@H](CC/C=C/C=C/C#N)CC2)CC1. The molecule has 0 aromatic heterocycles. The van der Waals surface area contributed by atoms with Gasteiger partial charge in [0.15, 0.2) is 0 Å². The molecule has 0 bridgehead atoms. The topological polar surface area (TPSA) is 33.0 Å². The van der Waals surface area contributed by atoms with Gasteiger partial charge in [-0.3, -0.25) is 0 Å². The Hall–Kier alpha value is -1.07. The minimum absolute atomic E-state index is 0.527. The van der Waals surface area contributed by atoms with Gasteiger partial charge in [0.05, 0.1) is 12.2 Å². The number of hydrogen-bond acceptors (Lipinski definition) is 2. The van der Waals surface area contributed by atoms with Crippen molar-refractivity contribution in [1.29, 1.82) is 5.26 Å². The number of rotatable bonds is 9. The lowest BCUT2D eigenvalue weighted by molar-refractivity contribution is -0.0101. The molecule has 0 saturated heterocycles. The van der Waals surface area contributed by atoms with Crippen LogP contribution >= 0.6 is 0 Å². The molecule has 25 heavy (non-hydrogen) atoms. The molecule has 2 fully saturated rings. The lowest BCUT2D eigenvalue weighted by Gasteiger charge is -2.32. The van der Waals surface area contributed by atoms with Crippen LogP contribution in [-0.4, -0.2) is 12.7 Å². The molecule has 0 amide bonds. The first-order valence-corrected chi connectivity index (χ1v) is 10.6. The molecule has 0 radical (unpaired) electrons. The second kappa shape index (κ2) is 12.3. The lowest BCUT2D eigenvalue weighted by Crippen LogP contribution is -2.26. The molecule has 2 aliphatic rings. The van der Waals surface area contributed by atoms with Crippen molar-refractivity contribution in [1.82, 2.24) is 0 Å². The summed E-state index contributed by atoms with van der Waals surface area (Å²) >= 11 is 0. The summed E-state index contributed by atoms with van der Waals surface area (Å²) in [6, 6.07) is 2.01. The highest BCUT2D eigenvalue weighted by molar-refractivity contribution is 5.11. The molecule has 0 atom stereocenters. The first kappa shape index (κ1) is 20.2. The van der Waals surface area contributed by atoms with Crippen LogP contribution in [0.1, 0.15) is 84.0 Å². The highest BCUT2D eigenvalue weighted by atomic mass is 16.5. The molecule has 2 saturated carbocycles. The average molecular weight is 344 g/mol. The molecule has 0 aliphatic heterocycles. The standard InChI is InChI=1S/C23H37NO/c1-2-8-20-10-12-22(13-11-20)19-25-23-16-14-21(15-17-23)9-6-4-3-5-7-18-24/h3-5,7,20-23H,2,6,8-17,19H2,1H3/b4-3+,7-5+/t20-,21-,22-,23-. The first-order chi connectivity index (χ1) is 12.3. The van der Waals surface area contributed by atoms with E-state index >= 15 is 0 Å². The van der Waals surface area contributed by atoms with Gasteiger partial charge < -0.3 is 4.74 Å². The van der Waals surface area contributed by atoms with Crippen LogP contribution < -0.4 is 0 Å². The summed E-state index contributed by atoms with van der Waals surface area (Å²) in [7, 11) is 0. The molecule has 0 heterocycles. The van der Waals surface area contributed by atoms with E-state index in [9.17, 15) is 0 Å². The zero-order valence-electron chi connectivity index (χ0n) is 16.2. The second-order valence-corrected chi connectivity index (χ2v) is 8.15. The van der Waals surface area contributed by atoms with Crippen molar-refractivity contribution in [3.8, 4) is 6.07 Å². The predicted octanol–water partition coefficient (Wildman–Crippen LogP) is 6.58. The van der Waals surface area contributed by atoms with Gasteiger partial charge in [0, 0.05) is 12.7 Å². The van der Waals surface area contributed by atoms with E-state index in [0.717, 1.165) is 30.8 Å². The van der Waals surface area contributed by atoms with Crippen LogP contribution in [-0.2, 0) is 4.74 Å². The normalized spacial score (nSPS) is 30.7. The minimum Gasteiger partial charge on any atom is -0.378 e. The van der Waals surface area contributed by atoms with Crippen LogP contribution in [0.15, 0.2) is 24.3 Å². The average Bonchev–Trinajstić information content (AvgIpc) is 2.65. The van der Waals surface area contributed by atoms with Crippen molar-refractivity contribution in [3.63, 3.8) is 0 Å². The summed E-state index contributed by atoms with van der Waals surface area (Å²) in [6.07, 6.45) is 24.1. The van der Waals surface area contributed by atoms with Crippen LogP contribution in [0.4, 0.5) is 0 Å². The molecular formula is C23H37NO. The fourth-order valence-corrected chi connectivity index (χ4v) is 4.56. The van der Waals surface area contributed by atoms with Gasteiger partial charge in [-0.2, -0.15) is 5.26 Å². The molecule has 0 aromatic rings. The maximum Gasteiger partial charge on any atom is 0.0912 e. The fraction of sp³-hybridized carbons (Fsp3) is 0.783. The third-order valence-corrected chi connectivity index (χ3v) is 6.18. The maximum atomic E-state index is 8.43. The Morgan fingerprint density at radius 2 is 1.52 bits per heavy atom. The number of hydrogen-bond donors (Lipinski definition) is 0. The van der Waals surface area contributed by atoms with E-state index in [1.165, 1.54) is 76.7 Å². The van der Waals surface area contributed by atoms with Crippen molar-refractivity contribution >= 4 is 0 Å². The van der Waals surface area contributed by atoms with Crippen LogP contribution in [0.5, 0.6) is 0 Å². The first-order valence-electron chi connectivity index (χ1n) is 10.6. The molecular weight excluding hydrogens is 306 g/mol. The molecule has 2 heteroatoms. The van der Waals surface area contributed by atoms with Gasteiger partial charge in [-0.1, -0.05) is 50.8 Å². The summed E-state index contributed by atoms with van der Waals surface area (Å²) in [6.45, 7) is 3.33. The fourth-order valence-electron chi connectivity index (χ4n) is 4.56. The molecule has 2 aliphatic carbocycles. The van der Waals surface area contributed by atoms with Crippen LogP contribution in [0.3, 0.4) is 0 Å². The Morgan fingerprint density at radius 1 is 0.880 bits per heavy atom. The van der Waals surface area contributed by atoms with Crippen LogP contribution in [0.25, 0.3) is 0 Å². The van der Waals surface area contributed by atoms with Crippen molar-refractivity contribution < 1.29 is 4.74 Å².